The summed E-state index contributed by atoms with van der Waals surface area (Å²) in [4.78, 5) is 14.9. The zero-order chi connectivity index (χ0) is 21.4. The van der Waals surface area contributed by atoms with E-state index in [0.29, 0.717) is 57.6 Å². The second-order valence-electron chi connectivity index (χ2n) is 7.59. The summed E-state index contributed by atoms with van der Waals surface area (Å²) in [5, 5.41) is 0.725. The number of nitrogens with zero attached hydrogens (tertiary/aromatic N) is 3. The molecule has 3 heterocycles. The van der Waals surface area contributed by atoms with Crippen molar-refractivity contribution in [1.29, 1.82) is 0 Å². The minimum absolute atomic E-state index is 0.00264. The molecule has 0 saturated carbocycles. The highest BCUT2D eigenvalue weighted by Gasteiger charge is 2.30. The van der Waals surface area contributed by atoms with E-state index in [1.54, 1.807) is 22.2 Å². The van der Waals surface area contributed by atoms with Crippen LogP contribution in [-0.2, 0) is 16.7 Å². The van der Waals surface area contributed by atoms with Crippen LogP contribution in [0, 0.1) is 0 Å². The van der Waals surface area contributed by atoms with Gasteiger partial charge in [-0.3, -0.25) is 9.69 Å². The van der Waals surface area contributed by atoms with Gasteiger partial charge in [-0.15, -0.1) is 0 Å². The van der Waals surface area contributed by atoms with Crippen molar-refractivity contribution >= 4 is 31.6 Å². The van der Waals surface area contributed by atoms with Crippen LogP contribution in [0.5, 0.6) is 11.5 Å². The zero-order valence-electron chi connectivity index (χ0n) is 16.9. The molecule has 1 aromatic heterocycles. The maximum atomic E-state index is 13.2. The standard InChI is InChI=1S/C21H23N3O5S2/c25-21-17-4-1-2-5-20(17)30-24(21)15-22-8-10-23(11-9-22)31(26,27)16-6-7-18-19(14-16)29-13-3-12-28-18/h1-2,4-7,14H,3,8-13,15H2. The maximum Gasteiger partial charge on any atom is 0.269 e. The number of rotatable bonds is 4. The van der Waals surface area contributed by atoms with Gasteiger partial charge in [0.25, 0.3) is 5.56 Å². The number of aromatic nitrogens is 1. The van der Waals surface area contributed by atoms with E-state index in [9.17, 15) is 13.2 Å². The fourth-order valence-electron chi connectivity index (χ4n) is 3.86. The minimum atomic E-state index is -3.63. The lowest BCUT2D eigenvalue weighted by molar-refractivity contribution is 0.156. The third kappa shape index (κ3) is 3.96. The summed E-state index contributed by atoms with van der Waals surface area (Å²) in [6.07, 6.45) is 0.765. The Kier molecular flexibility index (Phi) is 5.47. The molecule has 0 radical (unpaired) electrons. The third-order valence-corrected chi connectivity index (χ3v) is 8.52. The molecule has 2 aliphatic heterocycles. The lowest BCUT2D eigenvalue weighted by Gasteiger charge is -2.33. The van der Waals surface area contributed by atoms with Crippen LogP contribution in [0.1, 0.15) is 6.42 Å². The summed E-state index contributed by atoms with van der Waals surface area (Å²) in [6, 6.07) is 12.4. The van der Waals surface area contributed by atoms with Crippen LogP contribution in [0.15, 0.2) is 52.2 Å². The Bertz CT molecular complexity index is 1260. The molecule has 0 bridgehead atoms. The van der Waals surface area contributed by atoms with Gasteiger partial charge in [-0.05, 0) is 24.3 Å². The molecular weight excluding hydrogens is 438 g/mol. The molecule has 0 atom stereocenters. The van der Waals surface area contributed by atoms with Crippen molar-refractivity contribution in [3.05, 3.63) is 52.8 Å². The molecule has 2 aromatic carbocycles. The first-order valence-corrected chi connectivity index (χ1v) is 12.4. The summed E-state index contributed by atoms with van der Waals surface area (Å²) in [7, 11) is -3.63. The van der Waals surface area contributed by atoms with E-state index >= 15 is 0 Å². The summed E-state index contributed by atoms with van der Waals surface area (Å²) in [5.74, 6) is 1.05. The van der Waals surface area contributed by atoms with E-state index in [1.807, 2.05) is 24.3 Å². The molecule has 3 aromatic rings. The van der Waals surface area contributed by atoms with Gasteiger partial charge in [0.05, 0.1) is 34.9 Å². The van der Waals surface area contributed by atoms with Gasteiger partial charge < -0.3 is 9.47 Å². The molecule has 0 aliphatic carbocycles. The molecule has 164 valence electrons. The van der Waals surface area contributed by atoms with Crippen LogP contribution in [0.3, 0.4) is 0 Å². The Labute approximate surface area is 184 Å². The average Bonchev–Trinajstić information content (AvgIpc) is 2.95. The number of benzene rings is 2. The smallest absolute Gasteiger partial charge is 0.269 e. The van der Waals surface area contributed by atoms with Crippen molar-refractivity contribution in [3.8, 4) is 11.5 Å². The summed E-state index contributed by atoms with van der Waals surface area (Å²) in [6.45, 7) is 3.40. The number of hydrogen-bond donors (Lipinski definition) is 0. The second-order valence-corrected chi connectivity index (χ2v) is 10.6. The van der Waals surface area contributed by atoms with E-state index in [0.717, 1.165) is 16.5 Å². The van der Waals surface area contributed by atoms with E-state index in [4.69, 9.17) is 9.47 Å². The Hall–Kier alpha value is -2.40. The topological polar surface area (TPSA) is 81.1 Å². The van der Waals surface area contributed by atoms with Gasteiger partial charge in [-0.25, -0.2) is 12.4 Å². The van der Waals surface area contributed by atoms with Gasteiger partial charge in [-0.1, -0.05) is 23.7 Å². The van der Waals surface area contributed by atoms with E-state index < -0.39 is 10.0 Å². The van der Waals surface area contributed by atoms with Gasteiger partial charge in [0.1, 0.15) is 0 Å². The van der Waals surface area contributed by atoms with Crippen molar-refractivity contribution < 1.29 is 17.9 Å². The first-order valence-electron chi connectivity index (χ1n) is 10.2. The molecule has 1 fully saturated rings. The van der Waals surface area contributed by atoms with E-state index in [2.05, 4.69) is 4.90 Å². The van der Waals surface area contributed by atoms with Gasteiger partial charge in [-0.2, -0.15) is 4.31 Å². The summed E-state index contributed by atoms with van der Waals surface area (Å²) < 4.78 is 41.7. The first-order chi connectivity index (χ1) is 15.0. The third-order valence-electron chi connectivity index (χ3n) is 5.57. The highest BCUT2D eigenvalue weighted by Crippen LogP contribution is 2.33. The predicted octanol–water partition coefficient (Wildman–Crippen LogP) is 2.19. The van der Waals surface area contributed by atoms with Crippen LogP contribution < -0.4 is 15.0 Å². The molecule has 0 amide bonds. The largest absolute Gasteiger partial charge is 0.490 e. The highest BCUT2D eigenvalue weighted by atomic mass is 32.2. The second kappa shape index (κ2) is 8.27. The van der Waals surface area contributed by atoms with Gasteiger partial charge in [0.15, 0.2) is 11.5 Å². The van der Waals surface area contributed by atoms with Crippen LogP contribution in [0.2, 0.25) is 0 Å². The zero-order valence-corrected chi connectivity index (χ0v) is 18.5. The molecule has 10 heteroatoms. The highest BCUT2D eigenvalue weighted by molar-refractivity contribution is 7.89. The van der Waals surface area contributed by atoms with Crippen molar-refractivity contribution in [3.63, 3.8) is 0 Å². The fraction of sp³-hybridized carbons (Fsp3) is 0.381. The van der Waals surface area contributed by atoms with E-state index in [-0.39, 0.29) is 10.5 Å². The SMILES string of the molecule is O=c1c2ccccc2sn1CN1CCN(S(=O)(=O)c2ccc3c(c2)OCCCO3)CC1. The number of fused-ring (bicyclic) bond motifs is 2. The molecule has 2 aliphatic rings. The lowest BCUT2D eigenvalue weighted by atomic mass is 10.3. The monoisotopic (exact) mass is 461 g/mol. The summed E-state index contributed by atoms with van der Waals surface area (Å²) >= 11 is 1.44. The van der Waals surface area contributed by atoms with Gasteiger partial charge in [0.2, 0.25) is 10.0 Å². The number of piperazine rings is 1. The van der Waals surface area contributed by atoms with Gasteiger partial charge in [0, 0.05) is 38.7 Å². The maximum absolute atomic E-state index is 13.2. The Morgan fingerprint density at radius 2 is 1.68 bits per heavy atom. The number of sulfonamides is 1. The molecule has 0 N–H and O–H groups in total. The summed E-state index contributed by atoms with van der Waals surface area (Å²) in [5.41, 5.74) is 0.00264. The van der Waals surface area contributed by atoms with Crippen molar-refractivity contribution in [1.82, 2.24) is 13.2 Å². The normalized spacial score (nSPS) is 18.2. The molecule has 8 nitrogen and oxygen atoms in total. The average molecular weight is 462 g/mol. The Balaban J connectivity index is 1.28. The quantitative estimate of drug-likeness (QED) is 0.593. The van der Waals surface area contributed by atoms with Crippen LogP contribution in [0.4, 0.5) is 0 Å². The number of ether oxygens (including phenoxy) is 2. The lowest BCUT2D eigenvalue weighted by Crippen LogP contribution is -2.49. The van der Waals surface area contributed by atoms with Crippen LogP contribution in [-0.4, -0.2) is 61.0 Å². The molecule has 0 spiro atoms. The molecule has 1 saturated heterocycles. The molecular formula is C21H23N3O5S2. The van der Waals surface area contributed by atoms with Crippen molar-refractivity contribution in [2.45, 2.75) is 18.0 Å². The fourth-order valence-corrected chi connectivity index (χ4v) is 6.33. The van der Waals surface area contributed by atoms with Crippen LogP contribution in [0.25, 0.3) is 10.1 Å². The van der Waals surface area contributed by atoms with Gasteiger partial charge >= 0.3 is 0 Å². The molecule has 0 unspecified atom stereocenters. The van der Waals surface area contributed by atoms with E-state index in [1.165, 1.54) is 15.8 Å². The van der Waals surface area contributed by atoms with Crippen molar-refractivity contribution in [2.24, 2.45) is 0 Å². The molecule has 31 heavy (non-hydrogen) atoms. The Morgan fingerprint density at radius 3 is 2.45 bits per heavy atom. The molecule has 5 rings (SSSR count). The first kappa shape index (κ1) is 20.5. The Morgan fingerprint density at radius 1 is 0.935 bits per heavy atom. The van der Waals surface area contributed by atoms with Crippen LogP contribution >= 0.6 is 11.5 Å². The minimum Gasteiger partial charge on any atom is -0.490 e. The van der Waals surface area contributed by atoms with Crippen molar-refractivity contribution in [2.75, 3.05) is 39.4 Å². The predicted molar refractivity (Wildman–Crippen MR) is 118 cm³/mol. The number of hydrogen-bond acceptors (Lipinski definition) is 7.